The Morgan fingerprint density at radius 3 is 2.00 bits per heavy atom. The van der Waals surface area contributed by atoms with E-state index in [2.05, 4.69) is 10.3 Å². The number of hydrazine groups is 1. The third kappa shape index (κ3) is 4.49. The average Bonchev–Trinajstić information content (AvgIpc) is 2.15. The Morgan fingerprint density at radius 1 is 1.19 bits per heavy atom. The van der Waals surface area contributed by atoms with Crippen LogP contribution in [0.3, 0.4) is 0 Å². The maximum absolute atomic E-state index is 11.6. The second kappa shape index (κ2) is 6.20. The van der Waals surface area contributed by atoms with Crippen molar-refractivity contribution in [1.29, 1.82) is 0 Å². The Morgan fingerprint density at radius 2 is 1.69 bits per heavy atom. The topological polar surface area (TPSA) is 75.3 Å². The first kappa shape index (κ1) is 15.4. The summed E-state index contributed by atoms with van der Waals surface area (Å²) in [6, 6.07) is 0. The summed E-state index contributed by atoms with van der Waals surface area (Å²) in [5.41, 5.74) is 2.26. The van der Waals surface area contributed by atoms with Gasteiger partial charge in [0.05, 0.1) is 5.25 Å². The SMILES string of the molecule is CCC(C(=O)NNS(=O)(=O)C(C)C)C(C)C. The molecule has 0 heterocycles. The Bertz CT molecular complexity index is 323. The average molecular weight is 250 g/mol. The van der Waals surface area contributed by atoms with Crippen LogP contribution in [0, 0.1) is 11.8 Å². The molecule has 1 amide bonds. The maximum atomic E-state index is 11.6. The molecule has 0 radical (unpaired) electrons. The highest BCUT2D eigenvalue weighted by Crippen LogP contribution is 2.14. The summed E-state index contributed by atoms with van der Waals surface area (Å²) in [6.45, 7) is 8.87. The van der Waals surface area contributed by atoms with Crippen molar-refractivity contribution in [1.82, 2.24) is 10.3 Å². The lowest BCUT2D eigenvalue weighted by Gasteiger charge is -2.19. The van der Waals surface area contributed by atoms with Crippen LogP contribution in [0.5, 0.6) is 0 Å². The number of sulfonamides is 1. The van der Waals surface area contributed by atoms with Crippen LogP contribution in [0.2, 0.25) is 0 Å². The zero-order chi connectivity index (χ0) is 12.9. The third-order valence-corrected chi connectivity index (χ3v) is 4.15. The van der Waals surface area contributed by atoms with Crippen LogP contribution in [0.1, 0.15) is 41.0 Å². The predicted molar refractivity (Wildman–Crippen MR) is 64.0 cm³/mol. The van der Waals surface area contributed by atoms with Gasteiger partial charge in [-0.05, 0) is 26.2 Å². The van der Waals surface area contributed by atoms with E-state index in [0.29, 0.717) is 6.42 Å². The molecule has 96 valence electrons. The summed E-state index contributed by atoms with van der Waals surface area (Å²) in [5, 5.41) is -0.563. The molecule has 0 saturated carbocycles. The minimum Gasteiger partial charge on any atom is -0.278 e. The van der Waals surface area contributed by atoms with E-state index >= 15 is 0 Å². The van der Waals surface area contributed by atoms with Gasteiger partial charge in [0.1, 0.15) is 0 Å². The lowest BCUT2D eigenvalue weighted by Crippen LogP contribution is -2.47. The largest absolute Gasteiger partial charge is 0.278 e. The molecule has 0 aliphatic carbocycles. The zero-order valence-electron chi connectivity index (χ0n) is 10.6. The second-order valence-electron chi connectivity index (χ2n) is 4.44. The molecule has 5 nitrogen and oxygen atoms in total. The van der Waals surface area contributed by atoms with Gasteiger partial charge >= 0.3 is 0 Å². The van der Waals surface area contributed by atoms with Crippen LogP contribution in [0.25, 0.3) is 0 Å². The normalized spacial score (nSPS) is 14.2. The van der Waals surface area contributed by atoms with E-state index in [1.54, 1.807) is 13.8 Å². The number of hydrogen-bond donors (Lipinski definition) is 2. The van der Waals surface area contributed by atoms with E-state index in [-0.39, 0.29) is 17.7 Å². The molecule has 0 aliphatic heterocycles. The molecule has 16 heavy (non-hydrogen) atoms. The Labute approximate surface area is 98.0 Å². The van der Waals surface area contributed by atoms with Crippen LogP contribution < -0.4 is 10.3 Å². The number of rotatable bonds is 6. The quantitative estimate of drug-likeness (QED) is 0.691. The van der Waals surface area contributed by atoms with Crippen LogP contribution in [-0.2, 0) is 14.8 Å². The molecule has 1 atom stereocenters. The summed E-state index contributed by atoms with van der Waals surface area (Å²) < 4.78 is 22.8. The van der Waals surface area contributed by atoms with E-state index in [0.717, 1.165) is 0 Å². The van der Waals surface area contributed by atoms with E-state index in [4.69, 9.17) is 0 Å². The van der Waals surface area contributed by atoms with Crippen molar-refractivity contribution in [2.75, 3.05) is 0 Å². The molecule has 0 aromatic heterocycles. The zero-order valence-corrected chi connectivity index (χ0v) is 11.4. The number of amides is 1. The molecule has 0 aromatic rings. The highest BCUT2D eigenvalue weighted by molar-refractivity contribution is 7.90. The Balaban J connectivity index is 4.38. The molecule has 2 N–H and O–H groups in total. The highest BCUT2D eigenvalue weighted by atomic mass is 32.2. The fourth-order valence-electron chi connectivity index (χ4n) is 1.29. The summed E-state index contributed by atoms with van der Waals surface area (Å²) in [6.07, 6.45) is 0.687. The van der Waals surface area contributed by atoms with Crippen LogP contribution in [-0.4, -0.2) is 19.6 Å². The van der Waals surface area contributed by atoms with Gasteiger partial charge in [0, 0.05) is 5.92 Å². The first-order valence-electron chi connectivity index (χ1n) is 5.52. The standard InChI is InChI=1S/C10H22N2O3S/c1-6-9(7(2)3)10(13)11-12-16(14,15)8(4)5/h7-9,12H,6H2,1-5H3,(H,11,13). The summed E-state index contributed by atoms with van der Waals surface area (Å²) in [7, 11) is -3.44. The molecule has 0 bridgehead atoms. The predicted octanol–water partition coefficient (Wildman–Crippen LogP) is 1.03. The van der Waals surface area contributed by atoms with Crippen molar-refractivity contribution in [2.24, 2.45) is 11.8 Å². The van der Waals surface area contributed by atoms with Gasteiger partial charge in [0.25, 0.3) is 0 Å². The van der Waals surface area contributed by atoms with Crippen molar-refractivity contribution >= 4 is 15.9 Å². The summed E-state index contributed by atoms with van der Waals surface area (Å²) in [4.78, 5) is 13.7. The molecule has 0 fully saturated rings. The number of carbonyl (C=O) groups is 1. The first-order valence-corrected chi connectivity index (χ1v) is 7.07. The van der Waals surface area contributed by atoms with Crippen molar-refractivity contribution in [3.05, 3.63) is 0 Å². The van der Waals surface area contributed by atoms with E-state index in [1.807, 2.05) is 20.8 Å². The minimum atomic E-state index is -3.44. The summed E-state index contributed by atoms with van der Waals surface area (Å²) >= 11 is 0. The molecule has 1 unspecified atom stereocenters. The fourth-order valence-corrected chi connectivity index (χ4v) is 1.77. The highest BCUT2D eigenvalue weighted by Gasteiger charge is 2.22. The lowest BCUT2D eigenvalue weighted by molar-refractivity contribution is -0.126. The monoisotopic (exact) mass is 250 g/mol. The Hall–Kier alpha value is -0.620. The third-order valence-electron chi connectivity index (χ3n) is 2.52. The van der Waals surface area contributed by atoms with Crippen LogP contribution >= 0.6 is 0 Å². The van der Waals surface area contributed by atoms with Crippen LogP contribution in [0.15, 0.2) is 0 Å². The Kier molecular flexibility index (Phi) is 5.96. The smallest absolute Gasteiger partial charge is 0.238 e. The van der Waals surface area contributed by atoms with Gasteiger partial charge in [-0.1, -0.05) is 20.8 Å². The number of carbonyl (C=O) groups excluding carboxylic acids is 1. The molecule has 0 spiro atoms. The van der Waals surface area contributed by atoms with Gasteiger partial charge in [-0.3, -0.25) is 10.2 Å². The number of hydrogen-bond acceptors (Lipinski definition) is 3. The number of nitrogens with one attached hydrogen (secondary N) is 2. The van der Waals surface area contributed by atoms with Crippen molar-refractivity contribution in [3.63, 3.8) is 0 Å². The maximum Gasteiger partial charge on any atom is 0.238 e. The van der Waals surface area contributed by atoms with Crippen molar-refractivity contribution < 1.29 is 13.2 Å². The van der Waals surface area contributed by atoms with Gasteiger partial charge in [0.15, 0.2) is 0 Å². The molecular formula is C10H22N2O3S. The second-order valence-corrected chi connectivity index (χ2v) is 6.68. The van der Waals surface area contributed by atoms with E-state index in [1.165, 1.54) is 0 Å². The van der Waals surface area contributed by atoms with Gasteiger partial charge in [-0.15, -0.1) is 4.83 Å². The molecular weight excluding hydrogens is 228 g/mol. The van der Waals surface area contributed by atoms with Gasteiger partial charge in [-0.2, -0.15) is 0 Å². The van der Waals surface area contributed by atoms with Crippen molar-refractivity contribution in [2.45, 2.75) is 46.3 Å². The van der Waals surface area contributed by atoms with E-state index in [9.17, 15) is 13.2 Å². The van der Waals surface area contributed by atoms with Gasteiger partial charge < -0.3 is 0 Å². The molecule has 0 rings (SSSR count). The van der Waals surface area contributed by atoms with Gasteiger partial charge in [0.2, 0.25) is 15.9 Å². The first-order chi connectivity index (χ1) is 7.22. The van der Waals surface area contributed by atoms with Crippen LogP contribution in [0.4, 0.5) is 0 Å². The van der Waals surface area contributed by atoms with E-state index < -0.39 is 15.3 Å². The van der Waals surface area contributed by atoms with Gasteiger partial charge in [-0.25, -0.2) is 8.42 Å². The fraction of sp³-hybridized carbons (Fsp3) is 0.900. The minimum absolute atomic E-state index is 0.171. The van der Waals surface area contributed by atoms with Crippen molar-refractivity contribution in [3.8, 4) is 0 Å². The molecule has 6 heteroatoms. The molecule has 0 saturated heterocycles. The summed E-state index contributed by atoms with van der Waals surface area (Å²) in [5.74, 6) is -0.259. The molecule has 0 aliphatic rings. The molecule has 0 aromatic carbocycles. The lowest BCUT2D eigenvalue weighted by atomic mass is 9.93.